The quantitative estimate of drug-likeness (QED) is 0.646. The third-order valence-electron chi connectivity index (χ3n) is 2.52. The van der Waals surface area contributed by atoms with Gasteiger partial charge in [0.25, 0.3) is 0 Å². The summed E-state index contributed by atoms with van der Waals surface area (Å²) in [5.74, 6) is -0.937. The number of carboxylic acid groups (broad SMARTS) is 1. The molecule has 2 aromatic heterocycles. The summed E-state index contributed by atoms with van der Waals surface area (Å²) >= 11 is 0. The van der Waals surface area contributed by atoms with Crippen molar-refractivity contribution < 1.29 is 9.90 Å². The lowest BCUT2D eigenvalue weighted by molar-refractivity contribution is 0.0697. The van der Waals surface area contributed by atoms with Crippen LogP contribution in [-0.2, 0) is 0 Å². The van der Waals surface area contributed by atoms with Crippen molar-refractivity contribution in [2.24, 2.45) is 0 Å². The molecule has 3 rings (SSSR count). The molecule has 0 unspecified atom stereocenters. The minimum atomic E-state index is -0.937. The van der Waals surface area contributed by atoms with Gasteiger partial charge in [0.05, 0.1) is 5.56 Å². The molecule has 0 fully saturated rings. The molecule has 1 aromatic carbocycles. The molecule has 0 aliphatic heterocycles. The highest BCUT2D eigenvalue weighted by atomic mass is 16.4. The van der Waals surface area contributed by atoms with E-state index in [1.807, 2.05) is 0 Å². The Balaban J connectivity index is 2.44. The number of nitrogens with zero attached hydrogens (tertiary/aromatic N) is 2. The molecule has 5 nitrogen and oxygen atoms in total. The number of hydrogen-bond donors (Lipinski definition) is 2. The first kappa shape index (κ1) is 8.84. The fourth-order valence-electron chi connectivity index (χ4n) is 1.76. The summed E-state index contributed by atoms with van der Waals surface area (Å²) < 4.78 is 0. The second kappa shape index (κ2) is 3.03. The van der Waals surface area contributed by atoms with Crippen LogP contribution in [-0.4, -0.2) is 26.0 Å². The number of carbonyl (C=O) groups is 1. The van der Waals surface area contributed by atoms with E-state index in [0.717, 1.165) is 16.3 Å². The molecular formula is C11H7N3O2. The number of nitrogens with one attached hydrogen (secondary N) is 1. The standard InChI is InChI=1S/C11H7N3O2/c15-11(16)6-1-2-9-7(3-6)8-4-12-5-13-10(8)14-9/h1-5H,(H,15,16)(H,12,13,14). The average Bonchev–Trinajstić information content (AvgIpc) is 2.66. The van der Waals surface area contributed by atoms with E-state index in [1.54, 1.807) is 24.4 Å². The molecule has 0 spiro atoms. The van der Waals surface area contributed by atoms with Crippen LogP contribution in [0.25, 0.3) is 21.9 Å². The summed E-state index contributed by atoms with van der Waals surface area (Å²) in [4.78, 5) is 22.0. The maximum absolute atomic E-state index is 10.9. The van der Waals surface area contributed by atoms with E-state index in [-0.39, 0.29) is 5.56 Å². The van der Waals surface area contributed by atoms with Crippen LogP contribution in [0, 0.1) is 0 Å². The first-order valence-electron chi connectivity index (χ1n) is 4.70. The van der Waals surface area contributed by atoms with Gasteiger partial charge in [-0.05, 0) is 18.2 Å². The highest BCUT2D eigenvalue weighted by Crippen LogP contribution is 2.23. The van der Waals surface area contributed by atoms with E-state index in [2.05, 4.69) is 15.0 Å². The van der Waals surface area contributed by atoms with E-state index in [9.17, 15) is 4.79 Å². The van der Waals surface area contributed by atoms with Gasteiger partial charge in [-0.15, -0.1) is 0 Å². The maximum Gasteiger partial charge on any atom is 0.335 e. The number of benzene rings is 1. The number of aromatic carboxylic acids is 1. The highest BCUT2D eigenvalue weighted by molar-refractivity contribution is 6.07. The molecular weight excluding hydrogens is 206 g/mol. The topological polar surface area (TPSA) is 78.9 Å². The van der Waals surface area contributed by atoms with Crippen molar-refractivity contribution in [1.29, 1.82) is 0 Å². The minimum absolute atomic E-state index is 0.261. The number of rotatable bonds is 1. The number of aromatic nitrogens is 3. The van der Waals surface area contributed by atoms with Crippen molar-refractivity contribution in [3.63, 3.8) is 0 Å². The number of carboxylic acids is 1. The number of fused-ring (bicyclic) bond motifs is 3. The number of hydrogen-bond acceptors (Lipinski definition) is 3. The molecule has 5 heteroatoms. The average molecular weight is 213 g/mol. The van der Waals surface area contributed by atoms with E-state index in [1.165, 1.54) is 6.33 Å². The summed E-state index contributed by atoms with van der Waals surface area (Å²) in [6.45, 7) is 0. The molecule has 2 N–H and O–H groups in total. The molecule has 0 radical (unpaired) electrons. The van der Waals surface area contributed by atoms with Crippen molar-refractivity contribution in [2.75, 3.05) is 0 Å². The Morgan fingerprint density at radius 3 is 3.00 bits per heavy atom. The lowest BCUT2D eigenvalue weighted by atomic mass is 10.1. The SMILES string of the molecule is O=C(O)c1ccc2[nH]c3ncncc3c2c1. The second-order valence-electron chi connectivity index (χ2n) is 3.48. The smallest absolute Gasteiger partial charge is 0.335 e. The molecule has 78 valence electrons. The lowest BCUT2D eigenvalue weighted by Crippen LogP contribution is -1.94. The van der Waals surface area contributed by atoms with E-state index >= 15 is 0 Å². The monoisotopic (exact) mass is 213 g/mol. The van der Waals surface area contributed by atoms with Gasteiger partial charge in [0.2, 0.25) is 0 Å². The van der Waals surface area contributed by atoms with Crippen LogP contribution >= 0.6 is 0 Å². The first-order chi connectivity index (χ1) is 7.75. The van der Waals surface area contributed by atoms with Gasteiger partial charge in [-0.25, -0.2) is 14.8 Å². The van der Waals surface area contributed by atoms with Crippen molar-refractivity contribution in [2.45, 2.75) is 0 Å². The van der Waals surface area contributed by atoms with Crippen LogP contribution < -0.4 is 0 Å². The maximum atomic E-state index is 10.9. The summed E-state index contributed by atoms with van der Waals surface area (Å²) in [6, 6.07) is 4.92. The summed E-state index contributed by atoms with van der Waals surface area (Å²) in [6.07, 6.45) is 3.13. The minimum Gasteiger partial charge on any atom is -0.478 e. The Labute approximate surface area is 89.8 Å². The predicted molar refractivity (Wildman–Crippen MR) is 58.4 cm³/mol. The van der Waals surface area contributed by atoms with Gasteiger partial charge in [-0.1, -0.05) is 0 Å². The van der Waals surface area contributed by atoms with Crippen LogP contribution in [0.2, 0.25) is 0 Å². The number of H-pyrrole nitrogens is 1. The van der Waals surface area contributed by atoms with Gasteiger partial charge in [-0.2, -0.15) is 0 Å². The Morgan fingerprint density at radius 2 is 2.19 bits per heavy atom. The van der Waals surface area contributed by atoms with Crippen LogP contribution in [0.15, 0.2) is 30.7 Å². The summed E-state index contributed by atoms with van der Waals surface area (Å²) in [5.41, 5.74) is 1.84. The third kappa shape index (κ3) is 1.15. The van der Waals surface area contributed by atoms with Crippen molar-refractivity contribution in [3.8, 4) is 0 Å². The Bertz CT molecular complexity index is 703. The Morgan fingerprint density at radius 1 is 1.31 bits per heavy atom. The predicted octanol–water partition coefficient (Wildman–Crippen LogP) is 1.81. The molecule has 0 aliphatic rings. The highest BCUT2D eigenvalue weighted by Gasteiger charge is 2.08. The second-order valence-corrected chi connectivity index (χ2v) is 3.48. The fraction of sp³-hybridized carbons (Fsp3) is 0. The molecule has 0 bridgehead atoms. The van der Waals surface area contributed by atoms with Gasteiger partial charge in [-0.3, -0.25) is 0 Å². The number of aromatic amines is 1. The van der Waals surface area contributed by atoms with Gasteiger partial charge in [0.1, 0.15) is 12.0 Å². The Hall–Kier alpha value is -2.43. The third-order valence-corrected chi connectivity index (χ3v) is 2.52. The molecule has 2 heterocycles. The van der Waals surface area contributed by atoms with Gasteiger partial charge < -0.3 is 10.1 Å². The lowest BCUT2D eigenvalue weighted by Gasteiger charge is -1.94. The van der Waals surface area contributed by atoms with Crippen molar-refractivity contribution in [1.82, 2.24) is 15.0 Å². The molecule has 0 aliphatic carbocycles. The fourth-order valence-corrected chi connectivity index (χ4v) is 1.76. The zero-order valence-electron chi connectivity index (χ0n) is 8.14. The van der Waals surface area contributed by atoms with Gasteiger partial charge >= 0.3 is 5.97 Å². The van der Waals surface area contributed by atoms with Crippen LogP contribution in [0.5, 0.6) is 0 Å². The van der Waals surface area contributed by atoms with Crippen LogP contribution in [0.3, 0.4) is 0 Å². The van der Waals surface area contributed by atoms with E-state index < -0.39 is 5.97 Å². The van der Waals surface area contributed by atoms with E-state index in [4.69, 9.17) is 5.11 Å². The largest absolute Gasteiger partial charge is 0.478 e. The summed E-state index contributed by atoms with van der Waals surface area (Å²) in [7, 11) is 0. The van der Waals surface area contributed by atoms with Crippen molar-refractivity contribution >= 4 is 27.9 Å². The molecule has 0 saturated carbocycles. The van der Waals surface area contributed by atoms with Crippen molar-refractivity contribution in [3.05, 3.63) is 36.3 Å². The Kier molecular flexibility index (Phi) is 1.67. The molecule has 16 heavy (non-hydrogen) atoms. The van der Waals surface area contributed by atoms with Crippen LogP contribution in [0.4, 0.5) is 0 Å². The molecule has 0 amide bonds. The summed E-state index contributed by atoms with van der Waals surface area (Å²) in [5, 5.41) is 10.6. The normalized spacial score (nSPS) is 11.0. The van der Waals surface area contributed by atoms with Gasteiger partial charge in [0, 0.05) is 22.5 Å². The molecule has 0 saturated heterocycles. The molecule has 0 atom stereocenters. The zero-order chi connectivity index (χ0) is 11.1. The van der Waals surface area contributed by atoms with E-state index in [0.29, 0.717) is 5.65 Å². The first-order valence-corrected chi connectivity index (χ1v) is 4.70. The van der Waals surface area contributed by atoms with Crippen LogP contribution in [0.1, 0.15) is 10.4 Å². The van der Waals surface area contributed by atoms with Gasteiger partial charge in [0.15, 0.2) is 0 Å². The zero-order valence-corrected chi connectivity index (χ0v) is 8.14. The molecule has 3 aromatic rings.